The summed E-state index contributed by atoms with van der Waals surface area (Å²) in [5, 5.41) is 4.04. The Kier molecular flexibility index (Phi) is 3.70. The van der Waals surface area contributed by atoms with Crippen molar-refractivity contribution < 1.29 is 4.79 Å². The van der Waals surface area contributed by atoms with Crippen LogP contribution in [0, 0.1) is 0 Å². The Balaban J connectivity index is 1.54. The average Bonchev–Trinajstić information content (AvgIpc) is 2.84. The molecule has 2 aromatic rings. The van der Waals surface area contributed by atoms with Crippen LogP contribution in [-0.2, 0) is 13.6 Å². The number of aromatic nitrogens is 3. The van der Waals surface area contributed by atoms with Gasteiger partial charge in [0.25, 0.3) is 5.91 Å². The number of likely N-dealkylation sites (tertiary alicyclic amines) is 1. The minimum Gasteiger partial charge on any atom is -0.334 e. The minimum atomic E-state index is 0.0565. The van der Waals surface area contributed by atoms with Crippen molar-refractivity contribution in [2.24, 2.45) is 7.05 Å². The molecule has 1 aliphatic rings. The van der Waals surface area contributed by atoms with Crippen LogP contribution in [0.5, 0.6) is 0 Å². The first-order chi connectivity index (χ1) is 10.1. The maximum absolute atomic E-state index is 12.3. The third kappa shape index (κ3) is 2.80. The van der Waals surface area contributed by atoms with Crippen LogP contribution in [0.15, 0.2) is 36.8 Å². The van der Waals surface area contributed by atoms with Crippen LogP contribution in [0.4, 0.5) is 0 Å². The zero-order valence-electron chi connectivity index (χ0n) is 12.3. The van der Waals surface area contributed by atoms with E-state index in [0.29, 0.717) is 11.7 Å². The Hall–Kier alpha value is -2.21. The number of rotatable bonds is 4. The van der Waals surface area contributed by atoms with Gasteiger partial charge in [0.2, 0.25) is 0 Å². The molecule has 0 N–H and O–H groups in total. The van der Waals surface area contributed by atoms with Crippen molar-refractivity contribution in [2.45, 2.75) is 12.6 Å². The highest BCUT2D eigenvalue weighted by Gasteiger charge is 2.34. The largest absolute Gasteiger partial charge is 0.334 e. The maximum Gasteiger partial charge on any atom is 0.272 e. The van der Waals surface area contributed by atoms with Gasteiger partial charge in [-0.05, 0) is 24.7 Å². The summed E-state index contributed by atoms with van der Waals surface area (Å²) in [6.45, 7) is 2.38. The van der Waals surface area contributed by atoms with Gasteiger partial charge in [0.05, 0.1) is 0 Å². The van der Waals surface area contributed by atoms with E-state index in [1.165, 1.54) is 5.56 Å². The second kappa shape index (κ2) is 5.65. The van der Waals surface area contributed by atoms with Gasteiger partial charge in [-0.1, -0.05) is 6.07 Å². The normalized spacial score (nSPS) is 15.3. The molecule has 0 aromatic carbocycles. The fourth-order valence-corrected chi connectivity index (χ4v) is 2.55. The maximum atomic E-state index is 12.3. The summed E-state index contributed by atoms with van der Waals surface area (Å²) < 4.78 is 1.62. The first kappa shape index (κ1) is 13.8. The van der Waals surface area contributed by atoms with Crippen molar-refractivity contribution in [3.63, 3.8) is 0 Å². The lowest BCUT2D eigenvalue weighted by Crippen LogP contribution is -2.60. The van der Waals surface area contributed by atoms with Gasteiger partial charge in [-0.2, -0.15) is 5.10 Å². The molecule has 21 heavy (non-hydrogen) atoms. The molecule has 0 atom stereocenters. The first-order valence-electron chi connectivity index (χ1n) is 7.01. The van der Waals surface area contributed by atoms with Crippen molar-refractivity contribution in [3.05, 3.63) is 48.0 Å². The number of likely N-dealkylation sites (N-methyl/N-ethyl adjacent to an activating group) is 1. The lowest BCUT2D eigenvalue weighted by atomic mass is 10.1. The standard InChI is InChI=1S/C15H19N5O/c1-18(9-12-4-3-6-16-8-12)13-10-20(11-13)15(21)14-5-7-17-19(14)2/h3-8,13H,9-11H2,1-2H3. The summed E-state index contributed by atoms with van der Waals surface area (Å²) in [5.41, 5.74) is 1.83. The van der Waals surface area contributed by atoms with Crippen LogP contribution < -0.4 is 0 Å². The summed E-state index contributed by atoms with van der Waals surface area (Å²) >= 11 is 0. The summed E-state index contributed by atoms with van der Waals surface area (Å²) in [4.78, 5) is 20.5. The zero-order valence-corrected chi connectivity index (χ0v) is 12.3. The molecule has 6 heteroatoms. The molecule has 1 aliphatic heterocycles. The smallest absolute Gasteiger partial charge is 0.272 e. The summed E-state index contributed by atoms with van der Waals surface area (Å²) in [6, 6.07) is 6.18. The molecule has 3 heterocycles. The Morgan fingerprint density at radius 3 is 2.81 bits per heavy atom. The molecule has 0 radical (unpaired) electrons. The third-order valence-electron chi connectivity index (χ3n) is 3.97. The number of carbonyl (C=O) groups is 1. The van der Waals surface area contributed by atoms with E-state index in [4.69, 9.17) is 0 Å². The Bertz CT molecular complexity index is 618. The third-order valence-corrected chi connectivity index (χ3v) is 3.97. The second-order valence-electron chi connectivity index (χ2n) is 5.48. The zero-order chi connectivity index (χ0) is 14.8. The van der Waals surface area contributed by atoms with Crippen molar-refractivity contribution in [1.82, 2.24) is 24.6 Å². The first-order valence-corrected chi connectivity index (χ1v) is 7.01. The lowest BCUT2D eigenvalue weighted by Gasteiger charge is -2.44. The van der Waals surface area contributed by atoms with Crippen molar-refractivity contribution in [1.29, 1.82) is 0 Å². The molecule has 6 nitrogen and oxygen atoms in total. The Labute approximate surface area is 124 Å². The topological polar surface area (TPSA) is 54.3 Å². The molecule has 1 fully saturated rings. The van der Waals surface area contributed by atoms with Gasteiger partial charge in [-0.3, -0.25) is 19.4 Å². The second-order valence-corrected chi connectivity index (χ2v) is 5.48. The van der Waals surface area contributed by atoms with E-state index < -0.39 is 0 Å². The van der Waals surface area contributed by atoms with Gasteiger partial charge >= 0.3 is 0 Å². The molecule has 1 saturated heterocycles. The SMILES string of the molecule is CN(Cc1cccnc1)C1CN(C(=O)c2ccnn2C)C1. The molecule has 0 saturated carbocycles. The highest BCUT2D eigenvalue weighted by molar-refractivity contribution is 5.93. The summed E-state index contributed by atoms with van der Waals surface area (Å²) in [7, 11) is 3.88. The molecule has 0 unspecified atom stereocenters. The number of nitrogens with zero attached hydrogens (tertiary/aromatic N) is 5. The van der Waals surface area contributed by atoms with E-state index in [-0.39, 0.29) is 5.91 Å². The van der Waals surface area contributed by atoms with Crippen LogP contribution in [0.1, 0.15) is 16.1 Å². The van der Waals surface area contributed by atoms with Crippen molar-refractivity contribution >= 4 is 5.91 Å². The number of hydrogen-bond donors (Lipinski definition) is 0. The molecule has 110 valence electrons. The predicted octanol–water partition coefficient (Wildman–Crippen LogP) is 0.771. The van der Waals surface area contributed by atoms with Gasteiger partial charge in [-0.15, -0.1) is 0 Å². The molecule has 2 aromatic heterocycles. The number of aryl methyl sites for hydroxylation is 1. The minimum absolute atomic E-state index is 0.0565. The molecule has 0 bridgehead atoms. The Morgan fingerprint density at radius 1 is 1.38 bits per heavy atom. The predicted molar refractivity (Wildman–Crippen MR) is 78.6 cm³/mol. The van der Waals surface area contributed by atoms with Gasteiger partial charge in [-0.25, -0.2) is 0 Å². The average molecular weight is 285 g/mol. The lowest BCUT2D eigenvalue weighted by molar-refractivity contribution is 0.0311. The van der Waals surface area contributed by atoms with Crippen LogP contribution in [0.2, 0.25) is 0 Å². The van der Waals surface area contributed by atoms with Crippen LogP contribution in [0.3, 0.4) is 0 Å². The monoisotopic (exact) mass is 285 g/mol. The highest BCUT2D eigenvalue weighted by atomic mass is 16.2. The quantitative estimate of drug-likeness (QED) is 0.833. The molecular formula is C15H19N5O. The molecule has 3 rings (SSSR count). The van der Waals surface area contributed by atoms with Crippen LogP contribution >= 0.6 is 0 Å². The number of carbonyl (C=O) groups excluding carboxylic acids is 1. The fourth-order valence-electron chi connectivity index (χ4n) is 2.55. The van der Waals surface area contributed by atoms with E-state index >= 15 is 0 Å². The van der Waals surface area contributed by atoms with E-state index in [1.807, 2.05) is 17.2 Å². The number of pyridine rings is 1. The summed E-state index contributed by atoms with van der Waals surface area (Å²) in [6.07, 6.45) is 5.31. The summed E-state index contributed by atoms with van der Waals surface area (Å²) in [5.74, 6) is 0.0565. The van der Waals surface area contributed by atoms with E-state index in [2.05, 4.69) is 28.1 Å². The Morgan fingerprint density at radius 2 is 2.19 bits per heavy atom. The number of hydrogen-bond acceptors (Lipinski definition) is 4. The van der Waals surface area contributed by atoms with Crippen LogP contribution in [-0.4, -0.2) is 56.7 Å². The number of amides is 1. The van der Waals surface area contributed by atoms with Gasteiger partial charge in [0.15, 0.2) is 0 Å². The molecule has 0 aliphatic carbocycles. The van der Waals surface area contributed by atoms with E-state index in [9.17, 15) is 4.79 Å². The molecule has 0 spiro atoms. The van der Waals surface area contributed by atoms with Gasteiger partial charge in [0.1, 0.15) is 5.69 Å². The van der Waals surface area contributed by atoms with E-state index in [0.717, 1.165) is 19.6 Å². The fraction of sp³-hybridized carbons (Fsp3) is 0.400. The van der Waals surface area contributed by atoms with Gasteiger partial charge < -0.3 is 4.90 Å². The molecule has 1 amide bonds. The highest BCUT2D eigenvalue weighted by Crippen LogP contribution is 2.18. The molecular weight excluding hydrogens is 266 g/mol. The van der Waals surface area contributed by atoms with Crippen molar-refractivity contribution in [2.75, 3.05) is 20.1 Å². The van der Waals surface area contributed by atoms with Crippen LogP contribution in [0.25, 0.3) is 0 Å². The van der Waals surface area contributed by atoms with Gasteiger partial charge in [0, 0.05) is 51.3 Å². The van der Waals surface area contributed by atoms with Crippen molar-refractivity contribution in [3.8, 4) is 0 Å². The van der Waals surface area contributed by atoms with E-state index in [1.54, 1.807) is 30.2 Å².